The highest BCUT2D eigenvalue weighted by Crippen LogP contribution is 2.21. The van der Waals surface area contributed by atoms with E-state index in [0.717, 1.165) is 12.5 Å². The fraction of sp³-hybridized carbons (Fsp3) is 0.350. The number of amides is 1. The number of benzene rings is 2. The lowest BCUT2D eigenvalue weighted by molar-refractivity contribution is -0.385. The molecule has 8 nitrogen and oxygen atoms in total. The molecule has 0 heterocycles. The Labute approximate surface area is 170 Å². The van der Waals surface area contributed by atoms with Gasteiger partial charge in [-0.25, -0.2) is 8.42 Å². The molecule has 156 valence electrons. The molecular formula is C20H25N3O5S. The third kappa shape index (κ3) is 5.77. The maximum absolute atomic E-state index is 12.6. The Morgan fingerprint density at radius 1 is 1.14 bits per heavy atom. The van der Waals surface area contributed by atoms with Gasteiger partial charge in [0.15, 0.2) is 0 Å². The second-order valence-electron chi connectivity index (χ2n) is 7.33. The van der Waals surface area contributed by atoms with Crippen LogP contribution in [0.15, 0.2) is 53.4 Å². The molecule has 0 aromatic heterocycles. The Morgan fingerprint density at radius 2 is 1.76 bits per heavy atom. The van der Waals surface area contributed by atoms with Gasteiger partial charge < -0.3 is 4.90 Å². The third-order valence-corrected chi connectivity index (χ3v) is 5.90. The maximum Gasteiger partial charge on any atom is 0.270 e. The van der Waals surface area contributed by atoms with E-state index >= 15 is 0 Å². The monoisotopic (exact) mass is 419 g/mol. The van der Waals surface area contributed by atoms with Gasteiger partial charge in [-0.3, -0.25) is 19.6 Å². The third-order valence-electron chi connectivity index (χ3n) is 4.52. The molecule has 0 fully saturated rings. The van der Waals surface area contributed by atoms with E-state index < -0.39 is 14.9 Å². The summed E-state index contributed by atoms with van der Waals surface area (Å²) < 4.78 is 27.3. The average Bonchev–Trinajstić information content (AvgIpc) is 2.66. The molecule has 0 aliphatic rings. The predicted molar refractivity (Wildman–Crippen MR) is 111 cm³/mol. The number of nitro benzene ring substituents is 1. The number of sulfonamides is 1. The Bertz CT molecular complexity index is 987. The summed E-state index contributed by atoms with van der Waals surface area (Å²) >= 11 is 0. The minimum absolute atomic E-state index is 0.0783. The Hall–Kier alpha value is -2.94. The zero-order chi connectivity index (χ0) is 21.8. The van der Waals surface area contributed by atoms with E-state index in [2.05, 4.69) is 18.6 Å². The van der Waals surface area contributed by atoms with Crippen LogP contribution in [0.1, 0.15) is 37.6 Å². The molecule has 29 heavy (non-hydrogen) atoms. The van der Waals surface area contributed by atoms with Crippen LogP contribution >= 0.6 is 0 Å². The maximum atomic E-state index is 12.6. The van der Waals surface area contributed by atoms with E-state index in [1.807, 2.05) is 6.92 Å². The van der Waals surface area contributed by atoms with Crippen molar-refractivity contribution in [3.05, 3.63) is 64.2 Å². The zero-order valence-electron chi connectivity index (χ0n) is 16.8. The van der Waals surface area contributed by atoms with Gasteiger partial charge in [-0.15, -0.1) is 0 Å². The van der Waals surface area contributed by atoms with Gasteiger partial charge in [-0.2, -0.15) is 0 Å². The molecule has 2 rings (SSSR count). The van der Waals surface area contributed by atoms with Crippen LogP contribution in [0.4, 0.5) is 11.4 Å². The summed E-state index contributed by atoms with van der Waals surface area (Å²) in [6, 6.07) is 10.9. The number of non-ortho nitro benzene ring substituents is 1. The molecule has 0 aliphatic heterocycles. The van der Waals surface area contributed by atoms with Gasteiger partial charge in [0.25, 0.3) is 21.6 Å². The molecule has 1 N–H and O–H groups in total. The van der Waals surface area contributed by atoms with Gasteiger partial charge in [-0.05, 0) is 49.6 Å². The minimum Gasteiger partial charge on any atom is -0.339 e. The molecule has 1 unspecified atom stereocenters. The number of carbonyl (C=O) groups excluding carboxylic acids is 1. The lowest BCUT2D eigenvalue weighted by Gasteiger charge is -2.26. The van der Waals surface area contributed by atoms with Gasteiger partial charge in [0.1, 0.15) is 0 Å². The van der Waals surface area contributed by atoms with E-state index in [9.17, 15) is 23.3 Å². The molecule has 0 radical (unpaired) electrons. The Morgan fingerprint density at radius 3 is 2.31 bits per heavy atom. The number of anilines is 1. The van der Waals surface area contributed by atoms with Crippen molar-refractivity contribution in [1.29, 1.82) is 0 Å². The van der Waals surface area contributed by atoms with Gasteiger partial charge in [0.2, 0.25) is 0 Å². The molecular weight excluding hydrogens is 394 g/mol. The SMILES string of the molecule is CC(C)CC(C)N(C)C(=O)c1ccc(NS(=O)(=O)c2cccc([N+](=O)[O-])c2)cc1. The van der Waals surface area contributed by atoms with Gasteiger partial charge in [-0.1, -0.05) is 19.9 Å². The van der Waals surface area contributed by atoms with Crippen LogP contribution in [0.3, 0.4) is 0 Å². The van der Waals surface area contributed by atoms with Crippen molar-refractivity contribution < 1.29 is 18.1 Å². The van der Waals surface area contributed by atoms with Gasteiger partial charge in [0.05, 0.1) is 9.82 Å². The molecule has 2 aromatic rings. The Balaban J connectivity index is 2.15. The van der Waals surface area contributed by atoms with Crippen LogP contribution in [-0.2, 0) is 10.0 Å². The number of nitrogens with zero attached hydrogens (tertiary/aromatic N) is 2. The molecule has 0 saturated carbocycles. The van der Waals surface area contributed by atoms with Crippen molar-refractivity contribution >= 4 is 27.3 Å². The van der Waals surface area contributed by atoms with Gasteiger partial charge in [0, 0.05) is 36.5 Å². The fourth-order valence-corrected chi connectivity index (χ4v) is 4.00. The van der Waals surface area contributed by atoms with Crippen LogP contribution in [0.2, 0.25) is 0 Å². The highest BCUT2D eigenvalue weighted by molar-refractivity contribution is 7.92. The summed E-state index contributed by atoms with van der Waals surface area (Å²) in [7, 11) is -2.25. The van der Waals surface area contributed by atoms with Crippen molar-refractivity contribution in [2.24, 2.45) is 5.92 Å². The average molecular weight is 420 g/mol. The summed E-state index contributed by atoms with van der Waals surface area (Å²) in [4.78, 5) is 24.3. The van der Waals surface area contributed by atoms with Crippen LogP contribution in [0, 0.1) is 16.0 Å². The number of hydrogen-bond acceptors (Lipinski definition) is 5. The smallest absolute Gasteiger partial charge is 0.270 e. The molecule has 1 amide bonds. The minimum atomic E-state index is -4.00. The fourth-order valence-electron chi connectivity index (χ4n) is 2.90. The first kappa shape index (κ1) is 22.4. The van der Waals surface area contributed by atoms with Crippen molar-refractivity contribution in [3.63, 3.8) is 0 Å². The standard InChI is InChI=1S/C20H25N3O5S/c1-14(2)12-15(3)22(4)20(24)16-8-10-17(11-9-16)21-29(27,28)19-7-5-6-18(13-19)23(25)26/h5-11,13-15,21H,12H2,1-4H3. The number of nitro groups is 1. The van der Waals surface area contributed by atoms with Crippen LogP contribution < -0.4 is 4.72 Å². The number of nitrogens with one attached hydrogen (secondary N) is 1. The lowest BCUT2D eigenvalue weighted by Crippen LogP contribution is -2.35. The zero-order valence-corrected chi connectivity index (χ0v) is 17.6. The summed E-state index contributed by atoms with van der Waals surface area (Å²) in [5, 5.41) is 10.9. The number of rotatable bonds is 8. The van der Waals surface area contributed by atoms with Crippen LogP contribution in [0.5, 0.6) is 0 Å². The predicted octanol–water partition coefficient (Wildman–Crippen LogP) is 3.90. The first-order valence-corrected chi connectivity index (χ1v) is 10.6. The van der Waals surface area contributed by atoms with Crippen molar-refractivity contribution in [2.75, 3.05) is 11.8 Å². The quantitative estimate of drug-likeness (QED) is 0.515. The van der Waals surface area contributed by atoms with Crippen LogP contribution in [-0.4, -0.2) is 37.2 Å². The topological polar surface area (TPSA) is 110 Å². The van der Waals surface area contributed by atoms with E-state index in [4.69, 9.17) is 0 Å². The first-order valence-electron chi connectivity index (χ1n) is 9.15. The normalized spacial score (nSPS) is 12.4. The summed E-state index contributed by atoms with van der Waals surface area (Å²) in [6.07, 6.45) is 0.878. The van der Waals surface area contributed by atoms with Crippen molar-refractivity contribution in [1.82, 2.24) is 4.90 Å². The lowest BCUT2D eigenvalue weighted by atomic mass is 10.0. The summed E-state index contributed by atoms with van der Waals surface area (Å²) in [5.74, 6) is 0.317. The number of hydrogen-bond donors (Lipinski definition) is 1. The second kappa shape index (κ2) is 9.04. The molecule has 2 aromatic carbocycles. The van der Waals surface area contributed by atoms with Crippen LogP contribution in [0.25, 0.3) is 0 Å². The molecule has 0 spiro atoms. The van der Waals surface area contributed by atoms with E-state index in [0.29, 0.717) is 11.5 Å². The molecule has 9 heteroatoms. The van der Waals surface area contributed by atoms with E-state index in [-0.39, 0.29) is 28.2 Å². The van der Waals surface area contributed by atoms with Crippen molar-refractivity contribution in [3.8, 4) is 0 Å². The molecule has 1 atom stereocenters. The largest absolute Gasteiger partial charge is 0.339 e. The highest BCUT2D eigenvalue weighted by atomic mass is 32.2. The Kier molecular flexibility index (Phi) is 6.97. The summed E-state index contributed by atoms with van der Waals surface area (Å²) in [6.45, 7) is 6.17. The first-order chi connectivity index (χ1) is 13.5. The highest BCUT2D eigenvalue weighted by Gasteiger charge is 2.20. The second-order valence-corrected chi connectivity index (χ2v) is 9.01. The molecule has 0 aliphatic carbocycles. The van der Waals surface area contributed by atoms with Crippen molar-refractivity contribution in [2.45, 2.75) is 38.1 Å². The molecule has 0 bridgehead atoms. The van der Waals surface area contributed by atoms with Gasteiger partial charge >= 0.3 is 0 Å². The van der Waals surface area contributed by atoms with E-state index in [1.54, 1.807) is 24.1 Å². The number of carbonyl (C=O) groups is 1. The van der Waals surface area contributed by atoms with E-state index in [1.165, 1.54) is 30.3 Å². The summed E-state index contributed by atoms with van der Waals surface area (Å²) in [5.41, 5.74) is 0.389. The molecule has 0 saturated heterocycles.